The Morgan fingerprint density at radius 2 is 1.91 bits per heavy atom. The monoisotopic (exact) mass is 478 g/mol. The molecule has 0 saturated heterocycles. The number of ether oxygens (including phenoxy) is 2. The van der Waals surface area contributed by atoms with Crippen LogP contribution in [0.1, 0.15) is 25.8 Å². The predicted octanol–water partition coefficient (Wildman–Crippen LogP) is 2.87. The molecule has 0 unspecified atom stereocenters. The minimum atomic E-state index is -0.882. The summed E-state index contributed by atoms with van der Waals surface area (Å²) in [5.74, 6) is -2.12. The Morgan fingerprint density at radius 3 is 2.58 bits per heavy atom. The van der Waals surface area contributed by atoms with Crippen LogP contribution in [0.15, 0.2) is 41.5 Å². The van der Waals surface area contributed by atoms with Gasteiger partial charge in [0.25, 0.3) is 5.91 Å². The molecule has 3 amide bonds. The van der Waals surface area contributed by atoms with Crippen molar-refractivity contribution in [1.82, 2.24) is 10.7 Å². The first-order chi connectivity index (χ1) is 15.7. The van der Waals surface area contributed by atoms with Crippen LogP contribution in [0.2, 0.25) is 5.02 Å². The van der Waals surface area contributed by atoms with Gasteiger partial charge >= 0.3 is 11.8 Å². The van der Waals surface area contributed by atoms with Crippen molar-refractivity contribution in [3.63, 3.8) is 0 Å². The Hall–Kier alpha value is -3.66. The van der Waals surface area contributed by atoms with E-state index in [0.717, 1.165) is 6.07 Å². The Kier molecular flexibility index (Phi) is 9.62. The number of amides is 3. The number of nitrogens with zero attached hydrogens (tertiary/aromatic N) is 1. The lowest BCUT2D eigenvalue weighted by Gasteiger charge is -2.12. The lowest BCUT2D eigenvalue weighted by atomic mass is 10.2. The number of carbonyl (C=O) groups is 3. The van der Waals surface area contributed by atoms with E-state index in [0.29, 0.717) is 29.2 Å². The van der Waals surface area contributed by atoms with E-state index in [-0.39, 0.29) is 17.7 Å². The smallest absolute Gasteiger partial charge is 0.329 e. The summed E-state index contributed by atoms with van der Waals surface area (Å²) in [4.78, 5) is 35.5. The largest absolute Gasteiger partial charge is 0.493 e. The van der Waals surface area contributed by atoms with Crippen LogP contribution in [-0.2, 0) is 14.4 Å². The number of benzene rings is 2. The van der Waals surface area contributed by atoms with Gasteiger partial charge in [0.2, 0.25) is 0 Å². The summed E-state index contributed by atoms with van der Waals surface area (Å²) in [5, 5.41) is 8.71. The molecule has 0 radical (unpaired) electrons. The molecule has 3 N–H and O–H groups in total. The molecule has 2 aromatic carbocycles. The highest BCUT2D eigenvalue weighted by Gasteiger charge is 2.14. The normalized spacial score (nSPS) is 11.5. The van der Waals surface area contributed by atoms with Gasteiger partial charge < -0.3 is 20.1 Å². The number of methoxy groups -OCH3 is 1. The second-order valence-corrected chi connectivity index (χ2v) is 7.27. The van der Waals surface area contributed by atoms with Crippen molar-refractivity contribution in [1.29, 1.82) is 0 Å². The van der Waals surface area contributed by atoms with E-state index in [9.17, 15) is 18.8 Å². The number of carbonyl (C=O) groups excluding carboxylic acids is 3. The summed E-state index contributed by atoms with van der Waals surface area (Å²) in [5.41, 5.74) is 3.02. The molecule has 2 aromatic rings. The first-order valence-electron chi connectivity index (χ1n) is 9.93. The Labute approximate surface area is 195 Å². The minimum Gasteiger partial charge on any atom is -0.493 e. The van der Waals surface area contributed by atoms with Crippen molar-refractivity contribution in [2.75, 3.05) is 19.0 Å². The van der Waals surface area contributed by atoms with E-state index in [2.05, 4.69) is 21.2 Å². The van der Waals surface area contributed by atoms with E-state index in [4.69, 9.17) is 21.1 Å². The van der Waals surface area contributed by atoms with Crippen molar-refractivity contribution >= 4 is 41.2 Å². The summed E-state index contributed by atoms with van der Waals surface area (Å²) >= 11 is 5.69. The second kappa shape index (κ2) is 12.4. The molecule has 0 aliphatic heterocycles. The van der Waals surface area contributed by atoms with E-state index < -0.39 is 23.5 Å². The third-order valence-electron chi connectivity index (χ3n) is 4.33. The van der Waals surface area contributed by atoms with Crippen molar-refractivity contribution in [3.8, 4) is 11.5 Å². The summed E-state index contributed by atoms with van der Waals surface area (Å²) in [6.45, 7) is 3.34. The molecule has 11 heteroatoms. The van der Waals surface area contributed by atoms with Crippen LogP contribution in [0.3, 0.4) is 0 Å². The zero-order valence-corrected chi connectivity index (χ0v) is 19.0. The Bertz CT molecular complexity index is 1050. The average molecular weight is 479 g/mol. The van der Waals surface area contributed by atoms with Gasteiger partial charge in [-0.15, -0.1) is 0 Å². The van der Waals surface area contributed by atoms with Gasteiger partial charge in [0.05, 0.1) is 18.3 Å². The molecule has 2 rings (SSSR count). The fraction of sp³-hybridized carbons (Fsp3) is 0.273. The number of hydrogen-bond donors (Lipinski definition) is 3. The van der Waals surface area contributed by atoms with Crippen LogP contribution in [0.4, 0.5) is 10.1 Å². The van der Waals surface area contributed by atoms with Crippen LogP contribution < -0.4 is 25.5 Å². The number of anilines is 1. The van der Waals surface area contributed by atoms with E-state index in [1.165, 1.54) is 25.5 Å². The average Bonchev–Trinajstić information content (AvgIpc) is 2.80. The highest BCUT2D eigenvalue weighted by molar-refractivity contribution is 6.35. The minimum absolute atomic E-state index is 0.111. The third kappa shape index (κ3) is 8.08. The summed E-state index contributed by atoms with van der Waals surface area (Å²) in [7, 11) is 1.42. The lowest BCUT2D eigenvalue weighted by molar-refractivity contribution is -0.139. The molecule has 1 atom stereocenters. The highest BCUT2D eigenvalue weighted by atomic mass is 35.5. The number of halogens is 2. The number of rotatable bonds is 9. The predicted molar refractivity (Wildman–Crippen MR) is 122 cm³/mol. The van der Waals surface area contributed by atoms with Gasteiger partial charge in [-0.1, -0.05) is 18.5 Å². The quantitative estimate of drug-likeness (QED) is 0.291. The van der Waals surface area contributed by atoms with Gasteiger partial charge in [-0.05, 0) is 55.3 Å². The second-order valence-electron chi connectivity index (χ2n) is 6.86. The first-order valence-corrected chi connectivity index (χ1v) is 10.3. The Balaban J connectivity index is 1.92. The highest BCUT2D eigenvalue weighted by Crippen LogP contribution is 2.27. The number of nitrogens with one attached hydrogen (secondary N) is 3. The van der Waals surface area contributed by atoms with Crippen molar-refractivity contribution in [2.45, 2.75) is 26.3 Å². The summed E-state index contributed by atoms with van der Waals surface area (Å²) < 4.78 is 23.9. The fourth-order valence-corrected chi connectivity index (χ4v) is 2.59. The van der Waals surface area contributed by atoms with Crippen LogP contribution in [0.25, 0.3) is 0 Å². The van der Waals surface area contributed by atoms with Gasteiger partial charge in [-0.3, -0.25) is 14.4 Å². The lowest BCUT2D eigenvalue weighted by Crippen LogP contribution is -2.41. The maximum Gasteiger partial charge on any atom is 0.329 e. The third-order valence-corrected chi connectivity index (χ3v) is 4.62. The Morgan fingerprint density at radius 1 is 1.15 bits per heavy atom. The first kappa shape index (κ1) is 25.6. The molecule has 0 fully saturated rings. The number of hydrazone groups is 1. The van der Waals surface area contributed by atoms with E-state index in [1.54, 1.807) is 25.1 Å². The van der Waals surface area contributed by atoms with Crippen molar-refractivity contribution in [3.05, 3.63) is 52.8 Å². The SMILES string of the molecule is CC[C@H](C)NC(=O)C(=O)N/N=C\c1ccc(OCC(=O)Nc2ccc(F)c(Cl)c2)c(OC)c1. The zero-order valence-electron chi connectivity index (χ0n) is 18.3. The standard InChI is InChI=1S/C22H24ClFN4O5/c1-4-13(2)26-21(30)22(31)28-25-11-14-5-8-18(19(9-14)32-3)33-12-20(29)27-15-6-7-17(24)16(23)10-15/h5-11,13H,4,12H2,1-3H3,(H,26,30)(H,27,29)(H,28,31)/b25-11-/t13-/m0/s1. The van der Waals surface area contributed by atoms with Gasteiger partial charge in [-0.2, -0.15) is 5.10 Å². The molecular formula is C22H24ClFN4O5. The van der Waals surface area contributed by atoms with Crippen molar-refractivity contribution < 1.29 is 28.2 Å². The molecular weight excluding hydrogens is 455 g/mol. The fourth-order valence-electron chi connectivity index (χ4n) is 2.41. The van der Waals surface area contributed by atoms with Crippen LogP contribution >= 0.6 is 11.6 Å². The maximum absolute atomic E-state index is 13.2. The van der Waals surface area contributed by atoms with E-state index >= 15 is 0 Å². The molecule has 9 nitrogen and oxygen atoms in total. The maximum atomic E-state index is 13.2. The molecule has 0 saturated carbocycles. The van der Waals surface area contributed by atoms with Gasteiger partial charge in [0.1, 0.15) is 5.82 Å². The van der Waals surface area contributed by atoms with Crippen LogP contribution in [0, 0.1) is 5.82 Å². The van der Waals surface area contributed by atoms with Crippen LogP contribution in [-0.4, -0.2) is 43.7 Å². The molecule has 0 bridgehead atoms. The molecule has 0 spiro atoms. The molecule has 0 aliphatic rings. The van der Waals surface area contributed by atoms with E-state index in [1.807, 2.05) is 6.92 Å². The summed E-state index contributed by atoms with van der Waals surface area (Å²) in [6.07, 6.45) is 2.02. The molecule has 0 aromatic heterocycles. The molecule has 0 aliphatic carbocycles. The van der Waals surface area contributed by atoms with Gasteiger partial charge in [0.15, 0.2) is 18.1 Å². The van der Waals surface area contributed by atoms with Crippen LogP contribution in [0.5, 0.6) is 11.5 Å². The molecule has 176 valence electrons. The molecule has 0 heterocycles. The summed E-state index contributed by atoms with van der Waals surface area (Å²) in [6, 6.07) is 8.42. The topological polar surface area (TPSA) is 118 Å². The van der Waals surface area contributed by atoms with Gasteiger partial charge in [0, 0.05) is 11.7 Å². The van der Waals surface area contributed by atoms with Gasteiger partial charge in [-0.25, -0.2) is 9.82 Å². The molecule has 33 heavy (non-hydrogen) atoms. The zero-order chi connectivity index (χ0) is 24.4. The van der Waals surface area contributed by atoms with Crippen molar-refractivity contribution in [2.24, 2.45) is 5.10 Å². The number of hydrogen-bond acceptors (Lipinski definition) is 6.